The van der Waals surface area contributed by atoms with Gasteiger partial charge in [0, 0.05) is 13.0 Å². The van der Waals surface area contributed by atoms with Crippen LogP contribution in [0.2, 0.25) is 0 Å². The number of carbonyl (C=O) groups excluding carboxylic acids is 1. The van der Waals surface area contributed by atoms with E-state index in [4.69, 9.17) is 0 Å². The van der Waals surface area contributed by atoms with E-state index >= 15 is 0 Å². The van der Waals surface area contributed by atoms with Crippen LogP contribution >= 0.6 is 0 Å². The maximum atomic E-state index is 11.9. The summed E-state index contributed by atoms with van der Waals surface area (Å²) in [6.07, 6.45) is 0.0994. The molecule has 0 spiro atoms. The van der Waals surface area contributed by atoms with Crippen LogP contribution in [0.5, 0.6) is 0 Å². The maximum absolute atomic E-state index is 11.9. The third-order valence-electron chi connectivity index (χ3n) is 3.60. The SMILES string of the molecule is CCN1C(=O)CC(C(=O)O)C1c1ccccc1C. The third kappa shape index (κ3) is 1.98. The number of nitrogens with zero attached hydrogens (tertiary/aromatic N) is 1. The molecule has 0 saturated carbocycles. The molecule has 1 fully saturated rings. The third-order valence-corrected chi connectivity index (χ3v) is 3.60. The van der Waals surface area contributed by atoms with E-state index in [0.29, 0.717) is 6.54 Å². The number of rotatable bonds is 3. The summed E-state index contributed by atoms with van der Waals surface area (Å²) >= 11 is 0. The van der Waals surface area contributed by atoms with Crippen LogP contribution in [-0.2, 0) is 9.59 Å². The first kappa shape index (κ1) is 12.6. The Hall–Kier alpha value is -1.84. The van der Waals surface area contributed by atoms with E-state index in [9.17, 15) is 14.7 Å². The highest BCUT2D eigenvalue weighted by atomic mass is 16.4. The number of hydrogen-bond donors (Lipinski definition) is 1. The highest BCUT2D eigenvalue weighted by Gasteiger charge is 2.44. The van der Waals surface area contributed by atoms with Gasteiger partial charge in [0.2, 0.25) is 5.91 Å². The fourth-order valence-electron chi connectivity index (χ4n) is 2.69. The molecule has 4 nitrogen and oxygen atoms in total. The van der Waals surface area contributed by atoms with Crippen LogP contribution < -0.4 is 0 Å². The van der Waals surface area contributed by atoms with E-state index in [-0.39, 0.29) is 18.4 Å². The second kappa shape index (κ2) is 4.80. The lowest BCUT2D eigenvalue weighted by molar-refractivity contribution is -0.142. The molecular weight excluding hydrogens is 230 g/mol. The molecule has 2 rings (SSSR count). The highest BCUT2D eigenvalue weighted by molar-refractivity contribution is 5.87. The molecule has 0 bridgehead atoms. The predicted octanol–water partition coefficient (Wildman–Crippen LogP) is 1.99. The Morgan fingerprint density at radius 3 is 2.67 bits per heavy atom. The van der Waals surface area contributed by atoms with Gasteiger partial charge < -0.3 is 10.0 Å². The summed E-state index contributed by atoms with van der Waals surface area (Å²) in [6, 6.07) is 7.34. The van der Waals surface area contributed by atoms with Crippen LogP contribution in [0.1, 0.15) is 30.5 Å². The van der Waals surface area contributed by atoms with Crippen molar-refractivity contribution in [3.8, 4) is 0 Å². The number of hydrogen-bond acceptors (Lipinski definition) is 2. The van der Waals surface area contributed by atoms with Crippen molar-refractivity contribution < 1.29 is 14.7 Å². The van der Waals surface area contributed by atoms with Gasteiger partial charge in [-0.1, -0.05) is 24.3 Å². The molecule has 4 heteroatoms. The topological polar surface area (TPSA) is 57.6 Å². The number of carboxylic acid groups (broad SMARTS) is 1. The van der Waals surface area contributed by atoms with Crippen LogP contribution in [-0.4, -0.2) is 28.4 Å². The summed E-state index contributed by atoms with van der Waals surface area (Å²) in [5, 5.41) is 9.29. The molecule has 0 aliphatic carbocycles. The van der Waals surface area contributed by atoms with Crippen molar-refractivity contribution in [1.82, 2.24) is 4.90 Å². The highest BCUT2D eigenvalue weighted by Crippen LogP contribution is 2.39. The molecule has 1 N–H and O–H groups in total. The van der Waals surface area contributed by atoms with Gasteiger partial charge in [0.1, 0.15) is 0 Å². The minimum Gasteiger partial charge on any atom is -0.481 e. The minimum atomic E-state index is -0.896. The van der Waals surface area contributed by atoms with Crippen molar-refractivity contribution in [1.29, 1.82) is 0 Å². The smallest absolute Gasteiger partial charge is 0.309 e. The molecule has 2 unspecified atom stereocenters. The average molecular weight is 247 g/mol. The zero-order valence-corrected chi connectivity index (χ0v) is 10.6. The van der Waals surface area contributed by atoms with Crippen LogP contribution in [0.4, 0.5) is 0 Å². The summed E-state index contributed by atoms with van der Waals surface area (Å²) in [7, 11) is 0. The predicted molar refractivity (Wildman–Crippen MR) is 67.0 cm³/mol. The van der Waals surface area contributed by atoms with Crippen molar-refractivity contribution in [2.24, 2.45) is 5.92 Å². The van der Waals surface area contributed by atoms with Gasteiger partial charge in [0.05, 0.1) is 12.0 Å². The molecule has 1 aliphatic heterocycles. The fraction of sp³-hybridized carbons (Fsp3) is 0.429. The number of likely N-dealkylation sites (tertiary alicyclic amines) is 1. The summed E-state index contributed by atoms with van der Waals surface area (Å²) in [4.78, 5) is 24.9. The molecule has 0 aromatic heterocycles. The second-order valence-corrected chi connectivity index (χ2v) is 4.63. The monoisotopic (exact) mass is 247 g/mol. The van der Waals surface area contributed by atoms with E-state index in [0.717, 1.165) is 11.1 Å². The quantitative estimate of drug-likeness (QED) is 0.888. The van der Waals surface area contributed by atoms with Crippen LogP contribution in [0.3, 0.4) is 0 Å². The summed E-state index contributed by atoms with van der Waals surface area (Å²) in [5.41, 5.74) is 1.97. The van der Waals surface area contributed by atoms with Crippen molar-refractivity contribution in [3.63, 3.8) is 0 Å². The van der Waals surface area contributed by atoms with Gasteiger partial charge in [-0.3, -0.25) is 9.59 Å². The largest absolute Gasteiger partial charge is 0.481 e. The van der Waals surface area contributed by atoms with Gasteiger partial charge in [0.15, 0.2) is 0 Å². The molecule has 1 aliphatic rings. The van der Waals surface area contributed by atoms with Crippen molar-refractivity contribution in [3.05, 3.63) is 35.4 Å². The fourth-order valence-corrected chi connectivity index (χ4v) is 2.69. The Kier molecular flexibility index (Phi) is 3.36. The van der Waals surface area contributed by atoms with Crippen molar-refractivity contribution >= 4 is 11.9 Å². The van der Waals surface area contributed by atoms with E-state index in [2.05, 4.69) is 0 Å². The Morgan fingerprint density at radius 1 is 1.44 bits per heavy atom. The molecule has 1 aromatic carbocycles. The number of aryl methyl sites for hydroxylation is 1. The summed E-state index contributed by atoms with van der Waals surface area (Å²) in [5.74, 6) is -1.61. The van der Waals surface area contributed by atoms with Gasteiger partial charge in [0.25, 0.3) is 0 Å². The number of amides is 1. The first-order valence-corrected chi connectivity index (χ1v) is 6.14. The van der Waals surface area contributed by atoms with Crippen molar-refractivity contribution in [2.75, 3.05) is 6.54 Å². The lowest BCUT2D eigenvalue weighted by Gasteiger charge is -2.27. The Bertz CT molecular complexity index is 484. The molecule has 96 valence electrons. The Labute approximate surface area is 106 Å². The van der Waals surface area contributed by atoms with Gasteiger partial charge in [-0.15, -0.1) is 0 Å². The van der Waals surface area contributed by atoms with Crippen LogP contribution in [0, 0.1) is 12.8 Å². The lowest BCUT2D eigenvalue weighted by Crippen LogP contribution is -2.30. The molecule has 1 heterocycles. The van der Waals surface area contributed by atoms with E-state index in [1.807, 2.05) is 38.1 Å². The molecule has 2 atom stereocenters. The number of carbonyl (C=O) groups is 2. The number of benzene rings is 1. The molecule has 18 heavy (non-hydrogen) atoms. The van der Waals surface area contributed by atoms with Gasteiger partial charge in [-0.05, 0) is 25.0 Å². The van der Waals surface area contributed by atoms with E-state index in [1.54, 1.807) is 4.90 Å². The second-order valence-electron chi connectivity index (χ2n) is 4.63. The average Bonchev–Trinajstić information content (AvgIpc) is 2.67. The summed E-state index contributed by atoms with van der Waals surface area (Å²) < 4.78 is 0. The molecule has 1 amide bonds. The Balaban J connectivity index is 2.46. The number of aliphatic carboxylic acids is 1. The molecule has 1 saturated heterocycles. The zero-order chi connectivity index (χ0) is 13.3. The zero-order valence-electron chi connectivity index (χ0n) is 10.6. The molecule has 1 aromatic rings. The normalized spacial score (nSPS) is 23.4. The lowest BCUT2D eigenvalue weighted by atomic mass is 9.91. The van der Waals surface area contributed by atoms with Crippen molar-refractivity contribution in [2.45, 2.75) is 26.3 Å². The first-order valence-electron chi connectivity index (χ1n) is 6.14. The van der Waals surface area contributed by atoms with E-state index in [1.165, 1.54) is 0 Å². The van der Waals surface area contributed by atoms with Gasteiger partial charge in [-0.25, -0.2) is 0 Å². The minimum absolute atomic E-state index is 0.0712. The molecule has 0 radical (unpaired) electrons. The van der Waals surface area contributed by atoms with Gasteiger partial charge >= 0.3 is 5.97 Å². The first-order chi connectivity index (χ1) is 8.56. The standard InChI is InChI=1S/C14H17NO3/c1-3-15-12(16)8-11(14(17)18)13(15)10-7-5-4-6-9(10)2/h4-7,11,13H,3,8H2,1-2H3,(H,17,18). The Morgan fingerprint density at radius 2 is 2.11 bits per heavy atom. The molecular formula is C14H17NO3. The number of carboxylic acids is 1. The van der Waals surface area contributed by atoms with Crippen LogP contribution in [0.15, 0.2) is 24.3 Å². The maximum Gasteiger partial charge on any atom is 0.309 e. The summed E-state index contributed by atoms with van der Waals surface area (Å²) in [6.45, 7) is 4.37. The van der Waals surface area contributed by atoms with Crippen LogP contribution in [0.25, 0.3) is 0 Å². The van der Waals surface area contributed by atoms with Gasteiger partial charge in [-0.2, -0.15) is 0 Å². The van der Waals surface area contributed by atoms with E-state index < -0.39 is 11.9 Å².